The van der Waals surface area contributed by atoms with Crippen LogP contribution in [-0.4, -0.2) is 19.6 Å². The van der Waals surface area contributed by atoms with E-state index in [0.717, 1.165) is 4.52 Å². The Hall–Kier alpha value is -1.89. The Morgan fingerprint density at radius 3 is 2.56 bits per heavy atom. The fourth-order valence-electron chi connectivity index (χ4n) is 1.64. The van der Waals surface area contributed by atoms with Gasteiger partial charge in [0.1, 0.15) is 0 Å². The average molecular weight is 273 g/mol. The molecule has 0 aliphatic heterocycles. The van der Waals surface area contributed by atoms with Gasteiger partial charge in [-0.2, -0.15) is 17.7 Å². The molecule has 0 fully saturated rings. The summed E-state index contributed by atoms with van der Waals surface area (Å²) in [6.45, 7) is 0. The minimum Gasteiger partial charge on any atom is -0.218 e. The van der Waals surface area contributed by atoms with Gasteiger partial charge < -0.3 is 0 Å². The highest BCUT2D eigenvalue weighted by molar-refractivity contribution is 6.29. The van der Waals surface area contributed by atoms with Crippen molar-refractivity contribution in [3.8, 4) is 0 Å². The molecule has 92 valence electrons. The lowest BCUT2D eigenvalue weighted by atomic mass is 10.2. The first-order chi connectivity index (χ1) is 8.47. The standard InChI is InChI=1S/C10H4ClF3N4/c11-9-15-6-4-2-1-3-5(6)7-16-8(10(12,13)14)17-18(7)9/h1-4H. The lowest BCUT2D eigenvalue weighted by Crippen LogP contribution is -2.07. The highest BCUT2D eigenvalue weighted by Gasteiger charge is 2.36. The summed E-state index contributed by atoms with van der Waals surface area (Å²) in [7, 11) is 0. The molecule has 8 heteroatoms. The quantitative estimate of drug-likeness (QED) is 0.591. The molecule has 0 radical (unpaired) electrons. The zero-order chi connectivity index (χ0) is 12.9. The maximum atomic E-state index is 12.6. The van der Waals surface area contributed by atoms with Crippen molar-refractivity contribution >= 4 is 28.2 Å². The van der Waals surface area contributed by atoms with Gasteiger partial charge in [-0.25, -0.2) is 9.97 Å². The molecule has 18 heavy (non-hydrogen) atoms. The second-order valence-electron chi connectivity index (χ2n) is 3.57. The van der Waals surface area contributed by atoms with Gasteiger partial charge in [-0.15, -0.1) is 5.10 Å². The van der Waals surface area contributed by atoms with Crippen molar-refractivity contribution in [3.05, 3.63) is 35.4 Å². The van der Waals surface area contributed by atoms with Crippen LogP contribution in [-0.2, 0) is 6.18 Å². The van der Waals surface area contributed by atoms with Gasteiger partial charge in [0.25, 0.3) is 5.82 Å². The van der Waals surface area contributed by atoms with Crippen molar-refractivity contribution < 1.29 is 13.2 Å². The maximum absolute atomic E-state index is 12.6. The van der Waals surface area contributed by atoms with Crippen LogP contribution in [0.3, 0.4) is 0 Å². The molecule has 0 unspecified atom stereocenters. The second-order valence-corrected chi connectivity index (χ2v) is 3.90. The van der Waals surface area contributed by atoms with E-state index >= 15 is 0 Å². The maximum Gasteiger partial charge on any atom is 0.453 e. The number of hydrogen-bond acceptors (Lipinski definition) is 3. The number of nitrogens with zero attached hydrogens (tertiary/aromatic N) is 4. The third-order valence-corrected chi connectivity index (χ3v) is 2.64. The molecule has 1 aromatic carbocycles. The molecule has 4 nitrogen and oxygen atoms in total. The van der Waals surface area contributed by atoms with E-state index in [1.165, 1.54) is 0 Å². The van der Waals surface area contributed by atoms with Gasteiger partial charge in [-0.05, 0) is 23.7 Å². The lowest BCUT2D eigenvalue weighted by molar-refractivity contribution is -0.144. The number of para-hydroxylation sites is 1. The first kappa shape index (κ1) is 11.2. The van der Waals surface area contributed by atoms with E-state index in [1.54, 1.807) is 24.3 Å². The van der Waals surface area contributed by atoms with Crippen LogP contribution in [0, 0.1) is 0 Å². The van der Waals surface area contributed by atoms with E-state index in [2.05, 4.69) is 15.1 Å². The van der Waals surface area contributed by atoms with Crippen LogP contribution >= 0.6 is 11.6 Å². The Balaban J connectivity index is 2.45. The molecule has 0 aliphatic carbocycles. The Kier molecular flexibility index (Phi) is 2.21. The van der Waals surface area contributed by atoms with Gasteiger partial charge >= 0.3 is 6.18 Å². The summed E-state index contributed by atoms with van der Waals surface area (Å²) in [5, 5.41) is 3.62. The number of fused-ring (bicyclic) bond motifs is 3. The van der Waals surface area contributed by atoms with Crippen LogP contribution in [0.4, 0.5) is 13.2 Å². The molecule has 0 N–H and O–H groups in total. The third kappa shape index (κ3) is 1.59. The van der Waals surface area contributed by atoms with Crippen LogP contribution in [0.1, 0.15) is 5.82 Å². The number of alkyl halides is 3. The summed E-state index contributed by atoms with van der Waals surface area (Å²) in [6, 6.07) is 6.65. The second kappa shape index (κ2) is 3.55. The number of aromatic nitrogens is 4. The topological polar surface area (TPSA) is 43.1 Å². The van der Waals surface area contributed by atoms with Crippen LogP contribution < -0.4 is 0 Å². The first-order valence-electron chi connectivity index (χ1n) is 4.85. The van der Waals surface area contributed by atoms with Crippen molar-refractivity contribution in [1.82, 2.24) is 19.6 Å². The minimum absolute atomic E-state index is 0.0397. The van der Waals surface area contributed by atoms with Gasteiger partial charge in [-0.3, -0.25) is 0 Å². The largest absolute Gasteiger partial charge is 0.453 e. The molecule has 3 aromatic rings. The summed E-state index contributed by atoms with van der Waals surface area (Å²) >= 11 is 5.78. The summed E-state index contributed by atoms with van der Waals surface area (Å²) in [6.07, 6.45) is -4.61. The molecule has 0 amide bonds. The third-order valence-electron chi connectivity index (χ3n) is 2.39. The Labute approximate surface area is 103 Å². The van der Waals surface area contributed by atoms with Crippen molar-refractivity contribution in [1.29, 1.82) is 0 Å². The van der Waals surface area contributed by atoms with Crippen LogP contribution in [0.15, 0.2) is 24.3 Å². The molecule has 0 saturated heterocycles. The summed E-state index contributed by atoms with van der Waals surface area (Å²) in [5.41, 5.74) is 0.508. The van der Waals surface area contributed by atoms with E-state index < -0.39 is 12.0 Å². The monoisotopic (exact) mass is 272 g/mol. The zero-order valence-electron chi connectivity index (χ0n) is 8.61. The first-order valence-corrected chi connectivity index (χ1v) is 5.23. The molecule has 0 spiro atoms. The van der Waals surface area contributed by atoms with E-state index in [4.69, 9.17) is 11.6 Å². The molecule has 0 bridgehead atoms. The van der Waals surface area contributed by atoms with Crippen molar-refractivity contribution in [2.24, 2.45) is 0 Å². The predicted molar refractivity (Wildman–Crippen MR) is 58.3 cm³/mol. The van der Waals surface area contributed by atoms with E-state index in [1.807, 2.05) is 0 Å². The molecule has 0 saturated carbocycles. The fourth-order valence-corrected chi connectivity index (χ4v) is 1.85. The normalized spacial score (nSPS) is 12.4. The number of halogens is 4. The van der Waals surface area contributed by atoms with Crippen LogP contribution in [0.25, 0.3) is 16.6 Å². The minimum atomic E-state index is -4.61. The molecule has 2 aromatic heterocycles. The van der Waals surface area contributed by atoms with Crippen molar-refractivity contribution in [2.75, 3.05) is 0 Å². The van der Waals surface area contributed by atoms with Gasteiger partial charge in [0, 0.05) is 5.39 Å². The zero-order valence-corrected chi connectivity index (χ0v) is 9.37. The van der Waals surface area contributed by atoms with Gasteiger partial charge in [0.2, 0.25) is 5.28 Å². The predicted octanol–water partition coefficient (Wildman–Crippen LogP) is 2.95. The smallest absolute Gasteiger partial charge is 0.218 e. The molecular formula is C10H4ClF3N4. The summed E-state index contributed by atoms with van der Waals surface area (Å²) in [4.78, 5) is 7.43. The Morgan fingerprint density at radius 1 is 1.11 bits per heavy atom. The molecule has 2 heterocycles. The van der Waals surface area contributed by atoms with Gasteiger partial charge in [-0.1, -0.05) is 12.1 Å². The molecule has 0 atom stereocenters. The average Bonchev–Trinajstić information content (AvgIpc) is 2.74. The van der Waals surface area contributed by atoms with Crippen molar-refractivity contribution in [3.63, 3.8) is 0 Å². The fraction of sp³-hybridized carbons (Fsp3) is 0.100. The van der Waals surface area contributed by atoms with Crippen molar-refractivity contribution in [2.45, 2.75) is 6.18 Å². The van der Waals surface area contributed by atoms with Crippen LogP contribution in [0.2, 0.25) is 5.28 Å². The summed E-state index contributed by atoms with van der Waals surface area (Å²) in [5.74, 6) is -1.23. The highest BCUT2D eigenvalue weighted by atomic mass is 35.5. The molecular weight excluding hydrogens is 269 g/mol. The van der Waals surface area contributed by atoms with E-state index in [0.29, 0.717) is 10.9 Å². The highest BCUT2D eigenvalue weighted by Crippen LogP contribution is 2.29. The molecule has 3 rings (SSSR count). The van der Waals surface area contributed by atoms with Gasteiger partial charge in [0.15, 0.2) is 5.65 Å². The van der Waals surface area contributed by atoms with E-state index in [-0.39, 0.29) is 10.9 Å². The number of rotatable bonds is 0. The van der Waals surface area contributed by atoms with Gasteiger partial charge in [0.05, 0.1) is 5.52 Å². The lowest BCUT2D eigenvalue weighted by Gasteiger charge is -1.99. The van der Waals surface area contributed by atoms with E-state index in [9.17, 15) is 13.2 Å². The Morgan fingerprint density at radius 2 is 1.83 bits per heavy atom. The summed E-state index contributed by atoms with van der Waals surface area (Å²) < 4.78 is 38.5. The Bertz CT molecular complexity index is 750. The van der Waals surface area contributed by atoms with Crippen LogP contribution in [0.5, 0.6) is 0 Å². The number of hydrogen-bond donors (Lipinski definition) is 0. The number of benzene rings is 1. The molecule has 0 aliphatic rings. The SMILES string of the molecule is FC(F)(F)c1nc2c3ccccc3nc(Cl)n2n1.